The molecule has 0 aromatic heterocycles. The van der Waals surface area contributed by atoms with Crippen LogP contribution in [-0.4, -0.2) is 80.2 Å². The van der Waals surface area contributed by atoms with Crippen LogP contribution >= 0.6 is 0 Å². The molecule has 0 amide bonds. The van der Waals surface area contributed by atoms with Gasteiger partial charge in [-0.05, 0) is 33.3 Å². The number of carbonyl (C=O) groups is 2. The molecule has 1 rings (SSSR count). The van der Waals surface area contributed by atoms with E-state index >= 15 is 0 Å². The molecule has 1 aliphatic heterocycles. The Morgan fingerprint density at radius 1 is 1.19 bits per heavy atom. The van der Waals surface area contributed by atoms with Gasteiger partial charge in [0.15, 0.2) is 6.29 Å². The van der Waals surface area contributed by atoms with Crippen LogP contribution in [0.3, 0.4) is 0 Å². The van der Waals surface area contributed by atoms with Gasteiger partial charge in [0.25, 0.3) is 0 Å². The zero-order valence-corrected chi connectivity index (χ0v) is 18.4. The van der Waals surface area contributed by atoms with Gasteiger partial charge in [-0.15, -0.1) is 6.58 Å². The lowest BCUT2D eigenvalue weighted by Gasteiger charge is -2.42. The van der Waals surface area contributed by atoms with E-state index in [9.17, 15) is 30.0 Å². The van der Waals surface area contributed by atoms with Gasteiger partial charge in [0, 0.05) is 17.9 Å². The van der Waals surface area contributed by atoms with Crippen LogP contribution in [-0.2, 0) is 19.1 Å². The van der Waals surface area contributed by atoms with Gasteiger partial charge in [-0.25, -0.2) is 4.79 Å². The summed E-state index contributed by atoms with van der Waals surface area (Å²) in [6, 6.07) is 0. The van der Waals surface area contributed by atoms with Crippen LogP contribution in [0.1, 0.15) is 40.5 Å². The predicted molar refractivity (Wildman–Crippen MR) is 112 cm³/mol. The molecule has 7 atom stereocenters. The highest BCUT2D eigenvalue weighted by Crippen LogP contribution is 2.29. The molecule has 0 radical (unpaired) electrons. The van der Waals surface area contributed by atoms with E-state index in [-0.39, 0.29) is 24.2 Å². The highest BCUT2D eigenvalue weighted by atomic mass is 16.7. The van der Waals surface area contributed by atoms with Crippen LogP contribution in [0.15, 0.2) is 36.0 Å². The number of allylic oxidation sites excluding steroid dienone is 3. The number of Topliss-reactive ketones (excluding diaryl/α,β-unsaturated/α-hetero) is 1. The maximum Gasteiger partial charge on any atom is 0.331 e. The number of carboxylic acid groups (broad SMARTS) is 1. The lowest BCUT2D eigenvalue weighted by molar-refractivity contribution is -0.319. The van der Waals surface area contributed by atoms with E-state index in [4.69, 9.17) is 14.6 Å². The van der Waals surface area contributed by atoms with E-state index in [2.05, 4.69) is 6.58 Å². The molecule has 176 valence electrons. The molecule has 0 spiro atoms. The SMILES string of the molecule is C=C[C@@](C)(CCC(=O)[C@@H](C)/C=C(C)/C=C(\C)C(=O)O)O[C@H]1O[C@H](CO)[C@@H](O)[C@H](O)[C@H]1O. The molecule has 0 aliphatic carbocycles. The third-order valence-corrected chi connectivity index (χ3v) is 5.34. The van der Waals surface area contributed by atoms with Crippen molar-refractivity contribution in [2.75, 3.05) is 6.61 Å². The molecular weight excluding hydrogens is 408 g/mol. The Bertz CT molecular complexity index is 712. The Hall–Kier alpha value is -1.88. The Labute approximate surface area is 182 Å². The van der Waals surface area contributed by atoms with Crippen LogP contribution in [0.2, 0.25) is 0 Å². The number of carbonyl (C=O) groups excluding carboxylic acids is 1. The Morgan fingerprint density at radius 2 is 1.81 bits per heavy atom. The van der Waals surface area contributed by atoms with E-state index in [0.29, 0.717) is 5.57 Å². The quantitative estimate of drug-likeness (QED) is 0.177. The fourth-order valence-electron chi connectivity index (χ4n) is 3.18. The van der Waals surface area contributed by atoms with Crippen molar-refractivity contribution in [3.05, 3.63) is 36.0 Å². The average Bonchev–Trinajstić information content (AvgIpc) is 2.72. The van der Waals surface area contributed by atoms with Crippen molar-refractivity contribution in [1.82, 2.24) is 0 Å². The largest absolute Gasteiger partial charge is 0.478 e. The number of aliphatic hydroxyl groups excluding tert-OH is 4. The fourth-order valence-corrected chi connectivity index (χ4v) is 3.18. The van der Waals surface area contributed by atoms with E-state index in [1.807, 2.05) is 0 Å². The lowest BCUT2D eigenvalue weighted by atomic mass is 9.92. The van der Waals surface area contributed by atoms with E-state index < -0.39 is 54.8 Å². The summed E-state index contributed by atoms with van der Waals surface area (Å²) in [5, 5.41) is 48.2. The maximum atomic E-state index is 12.6. The first kappa shape index (κ1) is 27.2. The second-order valence-electron chi connectivity index (χ2n) is 8.13. The zero-order valence-electron chi connectivity index (χ0n) is 18.4. The molecule has 1 heterocycles. The monoisotopic (exact) mass is 442 g/mol. The topological polar surface area (TPSA) is 154 Å². The Balaban J connectivity index is 2.78. The number of ether oxygens (including phenoxy) is 2. The molecule has 0 aromatic rings. The highest BCUT2D eigenvalue weighted by molar-refractivity contribution is 5.86. The first-order valence-electron chi connectivity index (χ1n) is 10.1. The van der Waals surface area contributed by atoms with Gasteiger partial charge in [0.2, 0.25) is 0 Å². The number of hydrogen-bond acceptors (Lipinski definition) is 8. The van der Waals surface area contributed by atoms with Gasteiger partial charge in [-0.1, -0.05) is 24.6 Å². The van der Waals surface area contributed by atoms with Crippen LogP contribution < -0.4 is 0 Å². The smallest absolute Gasteiger partial charge is 0.331 e. The normalized spacial score (nSPS) is 30.4. The van der Waals surface area contributed by atoms with Crippen molar-refractivity contribution in [2.24, 2.45) is 5.92 Å². The molecule has 31 heavy (non-hydrogen) atoms. The summed E-state index contributed by atoms with van der Waals surface area (Å²) in [4.78, 5) is 23.5. The number of rotatable bonds is 11. The molecule has 1 saturated heterocycles. The number of carboxylic acids is 1. The van der Waals surface area contributed by atoms with Gasteiger partial charge in [-0.3, -0.25) is 4.79 Å². The van der Waals surface area contributed by atoms with E-state index in [1.54, 1.807) is 26.8 Å². The second kappa shape index (κ2) is 11.7. The summed E-state index contributed by atoms with van der Waals surface area (Å²) in [6.07, 6.45) is -2.13. The highest BCUT2D eigenvalue weighted by Gasteiger charge is 2.46. The zero-order chi connectivity index (χ0) is 23.9. The Morgan fingerprint density at radius 3 is 2.32 bits per heavy atom. The third-order valence-electron chi connectivity index (χ3n) is 5.34. The minimum absolute atomic E-state index is 0.104. The molecule has 5 N–H and O–H groups in total. The number of aliphatic carboxylic acids is 1. The van der Waals surface area contributed by atoms with E-state index in [0.717, 1.165) is 0 Å². The van der Waals surface area contributed by atoms with Crippen LogP contribution in [0.4, 0.5) is 0 Å². The van der Waals surface area contributed by atoms with Crippen molar-refractivity contribution in [1.29, 1.82) is 0 Å². The molecule has 0 aromatic carbocycles. The van der Waals surface area contributed by atoms with Crippen LogP contribution in [0, 0.1) is 5.92 Å². The molecule has 0 unspecified atom stereocenters. The molecule has 9 heteroatoms. The summed E-state index contributed by atoms with van der Waals surface area (Å²) in [7, 11) is 0. The summed E-state index contributed by atoms with van der Waals surface area (Å²) < 4.78 is 11.1. The van der Waals surface area contributed by atoms with Gasteiger partial charge in [0.05, 0.1) is 12.2 Å². The minimum Gasteiger partial charge on any atom is -0.478 e. The average molecular weight is 443 g/mol. The van der Waals surface area contributed by atoms with Gasteiger partial charge in [0.1, 0.15) is 30.2 Å². The predicted octanol–water partition coefficient (Wildman–Crippen LogP) is 0.710. The first-order valence-corrected chi connectivity index (χ1v) is 10.1. The van der Waals surface area contributed by atoms with Crippen molar-refractivity contribution in [3.8, 4) is 0 Å². The number of ketones is 1. The van der Waals surface area contributed by atoms with Gasteiger partial charge in [-0.2, -0.15) is 0 Å². The first-order chi connectivity index (χ1) is 14.3. The molecule has 1 aliphatic rings. The lowest BCUT2D eigenvalue weighted by Crippen LogP contribution is -2.60. The molecule has 0 bridgehead atoms. The Kier molecular flexibility index (Phi) is 10.2. The molecule has 0 saturated carbocycles. The molecule has 1 fully saturated rings. The number of aliphatic hydroxyl groups is 4. The van der Waals surface area contributed by atoms with Crippen LogP contribution in [0.5, 0.6) is 0 Å². The number of hydrogen-bond donors (Lipinski definition) is 5. The second-order valence-corrected chi connectivity index (χ2v) is 8.13. The van der Waals surface area contributed by atoms with Crippen molar-refractivity contribution in [3.63, 3.8) is 0 Å². The summed E-state index contributed by atoms with van der Waals surface area (Å²) in [5.74, 6) is -1.59. The van der Waals surface area contributed by atoms with Crippen molar-refractivity contribution >= 4 is 11.8 Å². The van der Waals surface area contributed by atoms with Gasteiger partial charge >= 0.3 is 5.97 Å². The third kappa shape index (κ3) is 7.64. The van der Waals surface area contributed by atoms with E-state index in [1.165, 1.54) is 19.1 Å². The summed E-state index contributed by atoms with van der Waals surface area (Å²) in [5.41, 5.74) is -0.271. The molecular formula is C22H34O9. The summed E-state index contributed by atoms with van der Waals surface area (Å²) in [6.45, 7) is 9.66. The fraction of sp³-hybridized carbons (Fsp3) is 0.636. The summed E-state index contributed by atoms with van der Waals surface area (Å²) >= 11 is 0. The standard InChI is InChI=1S/C22H34O9/c1-6-22(5,31-21-19(27)18(26)17(25)16(11-23)30-21)8-7-15(24)13(3)9-12(2)10-14(4)20(28)29/h6,9-10,13,16-19,21,23,25-27H,1,7-8,11H2,2-5H3,(H,28,29)/b12-9+,14-10+/t13-,16+,17+,18-,19+,21+,22-/m0/s1. The minimum atomic E-state index is -1.57. The maximum absolute atomic E-state index is 12.6. The van der Waals surface area contributed by atoms with Gasteiger partial charge < -0.3 is 35.0 Å². The van der Waals surface area contributed by atoms with Crippen molar-refractivity contribution < 1.29 is 44.6 Å². The molecule has 9 nitrogen and oxygen atoms in total. The van der Waals surface area contributed by atoms with Crippen molar-refractivity contribution in [2.45, 2.75) is 76.8 Å². The van der Waals surface area contributed by atoms with Crippen LogP contribution in [0.25, 0.3) is 0 Å².